The fourth-order valence-electron chi connectivity index (χ4n) is 1.49. The van der Waals surface area contributed by atoms with Crippen molar-refractivity contribution in [1.29, 1.82) is 0 Å². The van der Waals surface area contributed by atoms with Crippen molar-refractivity contribution in [2.75, 3.05) is 39.5 Å². The SMILES string of the molecule is CCCCN(C)C(=NCCCNS(C)(=O)=O)NCC. The predicted molar refractivity (Wildman–Crippen MR) is 81.0 cm³/mol. The summed E-state index contributed by atoms with van der Waals surface area (Å²) in [5, 5.41) is 3.24. The highest BCUT2D eigenvalue weighted by atomic mass is 32.2. The number of rotatable bonds is 9. The van der Waals surface area contributed by atoms with Crippen LogP contribution in [0.4, 0.5) is 0 Å². The molecule has 114 valence electrons. The van der Waals surface area contributed by atoms with Crippen molar-refractivity contribution in [2.45, 2.75) is 33.1 Å². The third-order valence-corrected chi connectivity index (χ3v) is 3.23. The number of nitrogens with one attached hydrogen (secondary N) is 2. The zero-order valence-electron chi connectivity index (χ0n) is 12.6. The molecule has 0 unspecified atom stereocenters. The van der Waals surface area contributed by atoms with Crippen molar-refractivity contribution >= 4 is 16.0 Å². The van der Waals surface area contributed by atoms with Crippen LogP contribution in [-0.2, 0) is 10.0 Å². The lowest BCUT2D eigenvalue weighted by atomic mass is 10.3. The van der Waals surface area contributed by atoms with E-state index in [1.807, 2.05) is 14.0 Å². The van der Waals surface area contributed by atoms with Crippen molar-refractivity contribution in [3.8, 4) is 0 Å². The average Bonchev–Trinajstić information content (AvgIpc) is 2.32. The van der Waals surface area contributed by atoms with E-state index < -0.39 is 10.0 Å². The normalized spacial score (nSPS) is 12.5. The molecule has 0 aliphatic heterocycles. The number of nitrogens with zero attached hydrogens (tertiary/aromatic N) is 2. The Hall–Kier alpha value is -0.820. The third-order valence-electron chi connectivity index (χ3n) is 2.50. The lowest BCUT2D eigenvalue weighted by molar-refractivity contribution is 0.464. The minimum atomic E-state index is -3.09. The number of guanidine groups is 1. The van der Waals surface area contributed by atoms with Crippen molar-refractivity contribution in [2.24, 2.45) is 4.99 Å². The van der Waals surface area contributed by atoms with Gasteiger partial charge in [-0.15, -0.1) is 0 Å². The Morgan fingerprint density at radius 3 is 2.47 bits per heavy atom. The molecular weight excluding hydrogens is 264 g/mol. The molecule has 0 aromatic carbocycles. The summed E-state index contributed by atoms with van der Waals surface area (Å²) in [4.78, 5) is 6.59. The topological polar surface area (TPSA) is 73.8 Å². The summed E-state index contributed by atoms with van der Waals surface area (Å²) in [6.45, 7) is 7.05. The first-order chi connectivity index (χ1) is 8.90. The van der Waals surface area contributed by atoms with E-state index in [2.05, 4.69) is 26.9 Å². The molecule has 0 radical (unpaired) electrons. The van der Waals surface area contributed by atoms with Gasteiger partial charge in [-0.3, -0.25) is 4.99 Å². The van der Waals surface area contributed by atoms with Gasteiger partial charge in [0, 0.05) is 33.2 Å². The fraction of sp³-hybridized carbons (Fsp3) is 0.917. The van der Waals surface area contributed by atoms with Crippen LogP contribution < -0.4 is 10.0 Å². The Bertz CT molecular complexity index is 355. The summed E-state index contributed by atoms with van der Waals surface area (Å²) in [7, 11) is -1.07. The molecular formula is C12H28N4O2S. The van der Waals surface area contributed by atoms with Crippen LogP contribution in [0.25, 0.3) is 0 Å². The smallest absolute Gasteiger partial charge is 0.208 e. The second kappa shape index (κ2) is 10.0. The number of unbranched alkanes of at least 4 members (excludes halogenated alkanes) is 1. The second-order valence-corrected chi connectivity index (χ2v) is 6.36. The molecule has 0 rings (SSSR count). The molecule has 0 atom stereocenters. The van der Waals surface area contributed by atoms with Gasteiger partial charge in [0.1, 0.15) is 0 Å². The molecule has 0 bridgehead atoms. The predicted octanol–water partition coefficient (Wildman–Crippen LogP) is 0.623. The van der Waals surface area contributed by atoms with Crippen LogP contribution in [0, 0.1) is 0 Å². The van der Waals surface area contributed by atoms with E-state index in [4.69, 9.17) is 0 Å². The Labute approximate surface area is 117 Å². The summed E-state index contributed by atoms with van der Waals surface area (Å²) in [5.74, 6) is 0.885. The van der Waals surface area contributed by atoms with Crippen LogP contribution in [-0.4, -0.2) is 58.8 Å². The van der Waals surface area contributed by atoms with Crippen LogP contribution >= 0.6 is 0 Å². The molecule has 19 heavy (non-hydrogen) atoms. The van der Waals surface area contributed by atoms with Gasteiger partial charge in [0.15, 0.2) is 5.96 Å². The molecule has 0 saturated heterocycles. The molecule has 0 fully saturated rings. The molecule has 0 heterocycles. The summed E-state index contributed by atoms with van der Waals surface area (Å²) < 4.78 is 24.2. The highest BCUT2D eigenvalue weighted by Gasteiger charge is 2.04. The second-order valence-electron chi connectivity index (χ2n) is 4.53. The van der Waals surface area contributed by atoms with Gasteiger partial charge in [-0.05, 0) is 19.8 Å². The first-order valence-corrected chi connectivity index (χ1v) is 8.74. The van der Waals surface area contributed by atoms with E-state index in [-0.39, 0.29) is 0 Å². The van der Waals surface area contributed by atoms with Crippen molar-refractivity contribution in [3.63, 3.8) is 0 Å². The molecule has 2 N–H and O–H groups in total. The maximum absolute atomic E-state index is 10.9. The zero-order chi connectivity index (χ0) is 14.7. The van der Waals surface area contributed by atoms with E-state index in [1.165, 1.54) is 6.26 Å². The molecule has 6 nitrogen and oxygen atoms in total. The van der Waals surface area contributed by atoms with Crippen LogP contribution in [0.3, 0.4) is 0 Å². The van der Waals surface area contributed by atoms with Gasteiger partial charge in [-0.25, -0.2) is 13.1 Å². The minimum Gasteiger partial charge on any atom is -0.357 e. The molecule has 0 amide bonds. The maximum Gasteiger partial charge on any atom is 0.208 e. The molecule has 7 heteroatoms. The van der Waals surface area contributed by atoms with Crippen molar-refractivity contribution < 1.29 is 8.42 Å². The molecule has 0 aromatic heterocycles. The number of hydrogen-bond acceptors (Lipinski definition) is 3. The quantitative estimate of drug-likeness (QED) is 0.371. The monoisotopic (exact) mass is 292 g/mol. The average molecular weight is 292 g/mol. The number of hydrogen-bond donors (Lipinski definition) is 2. The number of sulfonamides is 1. The molecule has 0 aromatic rings. The van der Waals surface area contributed by atoms with E-state index in [0.717, 1.165) is 31.9 Å². The third kappa shape index (κ3) is 10.8. The number of aliphatic imine (C=N–C) groups is 1. The summed E-state index contributed by atoms with van der Waals surface area (Å²) >= 11 is 0. The van der Waals surface area contributed by atoms with Crippen LogP contribution in [0.1, 0.15) is 33.1 Å². The lowest BCUT2D eigenvalue weighted by Crippen LogP contribution is -2.39. The summed E-state index contributed by atoms with van der Waals surface area (Å²) in [6.07, 6.45) is 4.15. The lowest BCUT2D eigenvalue weighted by Gasteiger charge is -2.21. The Morgan fingerprint density at radius 1 is 1.26 bits per heavy atom. The van der Waals surface area contributed by atoms with Gasteiger partial charge in [0.2, 0.25) is 10.0 Å². The Morgan fingerprint density at radius 2 is 1.95 bits per heavy atom. The van der Waals surface area contributed by atoms with E-state index in [1.54, 1.807) is 0 Å². The summed E-state index contributed by atoms with van der Waals surface area (Å²) in [6, 6.07) is 0. The van der Waals surface area contributed by atoms with Gasteiger partial charge >= 0.3 is 0 Å². The van der Waals surface area contributed by atoms with Gasteiger partial charge in [0.25, 0.3) is 0 Å². The van der Waals surface area contributed by atoms with Crippen LogP contribution in [0.5, 0.6) is 0 Å². The van der Waals surface area contributed by atoms with Crippen molar-refractivity contribution in [3.05, 3.63) is 0 Å². The fourth-order valence-corrected chi connectivity index (χ4v) is 2.01. The molecule has 0 spiro atoms. The first kappa shape index (κ1) is 18.2. The molecule has 0 aliphatic rings. The van der Waals surface area contributed by atoms with Crippen LogP contribution in [0.2, 0.25) is 0 Å². The van der Waals surface area contributed by atoms with Gasteiger partial charge in [-0.1, -0.05) is 13.3 Å². The van der Waals surface area contributed by atoms with Crippen molar-refractivity contribution in [1.82, 2.24) is 14.9 Å². The zero-order valence-corrected chi connectivity index (χ0v) is 13.4. The maximum atomic E-state index is 10.9. The first-order valence-electron chi connectivity index (χ1n) is 6.84. The largest absolute Gasteiger partial charge is 0.357 e. The van der Waals surface area contributed by atoms with Gasteiger partial charge in [0.05, 0.1) is 6.26 Å². The molecule has 0 saturated carbocycles. The minimum absolute atomic E-state index is 0.431. The van der Waals surface area contributed by atoms with Crippen LogP contribution in [0.15, 0.2) is 4.99 Å². The Balaban J connectivity index is 4.11. The van der Waals surface area contributed by atoms with E-state index in [9.17, 15) is 8.42 Å². The van der Waals surface area contributed by atoms with E-state index in [0.29, 0.717) is 19.5 Å². The highest BCUT2D eigenvalue weighted by molar-refractivity contribution is 7.88. The Kier molecular flexibility index (Phi) is 9.59. The summed E-state index contributed by atoms with van der Waals surface area (Å²) in [5.41, 5.74) is 0. The van der Waals surface area contributed by atoms with Gasteiger partial charge in [-0.2, -0.15) is 0 Å². The van der Waals surface area contributed by atoms with E-state index >= 15 is 0 Å². The van der Waals surface area contributed by atoms with Gasteiger partial charge < -0.3 is 10.2 Å². The standard InChI is InChI=1S/C12H28N4O2S/c1-5-7-11-16(3)12(13-6-2)14-9-8-10-15-19(4,17)18/h15H,5-11H2,1-4H3,(H,13,14). The highest BCUT2D eigenvalue weighted by Crippen LogP contribution is 1.94. The molecule has 0 aliphatic carbocycles.